The molecule has 0 unspecified atom stereocenters. The molecule has 6 nitrogen and oxygen atoms in total. The number of aliphatic hydroxyl groups is 1. The second-order valence-corrected chi connectivity index (χ2v) is 4.89. The van der Waals surface area contributed by atoms with E-state index in [0.29, 0.717) is 38.3 Å². The molecule has 1 aliphatic rings. The molecule has 104 valence electrons. The summed E-state index contributed by atoms with van der Waals surface area (Å²) in [6, 6.07) is 1.46. The quantitative estimate of drug-likeness (QED) is 0.837. The van der Waals surface area contributed by atoms with Gasteiger partial charge in [-0.05, 0) is 6.07 Å². The van der Waals surface area contributed by atoms with Crippen molar-refractivity contribution in [3.8, 4) is 0 Å². The van der Waals surface area contributed by atoms with Crippen LogP contribution in [0, 0.1) is 0 Å². The highest BCUT2D eigenvalue weighted by atomic mass is 16.5. The molecule has 0 spiro atoms. The third-order valence-corrected chi connectivity index (χ3v) is 3.40. The van der Waals surface area contributed by atoms with Gasteiger partial charge in [-0.1, -0.05) is 0 Å². The number of aromatic nitrogens is 1. The standard InChI is InChI=1S/C13H18N2O4/c1-15(9-13(18)3-6-19-7-4-13)11-8-14-5-2-10(11)12(16)17/h2,5,8,18H,3-4,6-7,9H2,1H3,(H,16,17). The number of pyridine rings is 1. The molecule has 1 fully saturated rings. The first kappa shape index (κ1) is 13.8. The summed E-state index contributed by atoms with van der Waals surface area (Å²) < 4.78 is 5.23. The molecule has 0 amide bonds. The van der Waals surface area contributed by atoms with Crippen LogP contribution < -0.4 is 4.90 Å². The Morgan fingerprint density at radius 1 is 1.53 bits per heavy atom. The lowest BCUT2D eigenvalue weighted by atomic mass is 9.93. The number of anilines is 1. The molecule has 0 radical (unpaired) electrons. The van der Waals surface area contributed by atoms with Gasteiger partial charge < -0.3 is 19.8 Å². The number of hydrogen-bond donors (Lipinski definition) is 2. The number of nitrogens with zero attached hydrogens (tertiary/aromatic N) is 2. The fourth-order valence-corrected chi connectivity index (χ4v) is 2.31. The number of carbonyl (C=O) groups is 1. The topological polar surface area (TPSA) is 82.9 Å². The van der Waals surface area contributed by atoms with Crippen LogP contribution in [0.25, 0.3) is 0 Å². The third kappa shape index (κ3) is 3.21. The predicted octanol–water partition coefficient (Wildman–Crippen LogP) is 0.757. The number of carboxylic acids is 1. The summed E-state index contributed by atoms with van der Waals surface area (Å²) in [6.07, 6.45) is 4.07. The van der Waals surface area contributed by atoms with Crippen LogP contribution in [0.4, 0.5) is 5.69 Å². The van der Waals surface area contributed by atoms with Gasteiger partial charge in [-0.3, -0.25) is 4.98 Å². The first-order valence-electron chi connectivity index (χ1n) is 6.20. The van der Waals surface area contributed by atoms with Crippen molar-refractivity contribution >= 4 is 11.7 Å². The molecule has 1 aromatic heterocycles. The Kier molecular flexibility index (Phi) is 4.01. The van der Waals surface area contributed by atoms with Crippen LogP contribution in [0.5, 0.6) is 0 Å². The molecular formula is C13H18N2O4. The van der Waals surface area contributed by atoms with Gasteiger partial charge >= 0.3 is 5.97 Å². The van der Waals surface area contributed by atoms with Crippen LogP contribution in [-0.4, -0.2) is 53.6 Å². The summed E-state index contributed by atoms with van der Waals surface area (Å²) in [5.41, 5.74) is -0.137. The normalized spacial score (nSPS) is 18.0. The molecule has 6 heteroatoms. The van der Waals surface area contributed by atoms with Crippen molar-refractivity contribution in [1.29, 1.82) is 0 Å². The second kappa shape index (κ2) is 5.54. The molecule has 1 saturated heterocycles. The van der Waals surface area contributed by atoms with Gasteiger partial charge in [0.05, 0.1) is 23.0 Å². The van der Waals surface area contributed by atoms with Crippen LogP contribution >= 0.6 is 0 Å². The maximum atomic E-state index is 11.2. The first-order chi connectivity index (χ1) is 9.02. The van der Waals surface area contributed by atoms with Crippen LogP contribution in [0.2, 0.25) is 0 Å². The summed E-state index contributed by atoms with van der Waals surface area (Å²) in [7, 11) is 1.76. The van der Waals surface area contributed by atoms with Crippen molar-refractivity contribution in [3.05, 3.63) is 24.0 Å². The Morgan fingerprint density at radius 3 is 2.84 bits per heavy atom. The number of carboxylic acid groups (broad SMARTS) is 1. The highest BCUT2D eigenvalue weighted by molar-refractivity contribution is 5.94. The van der Waals surface area contributed by atoms with E-state index in [4.69, 9.17) is 9.84 Å². The molecule has 1 aromatic rings. The van der Waals surface area contributed by atoms with E-state index in [1.807, 2.05) is 0 Å². The molecule has 0 saturated carbocycles. The van der Waals surface area contributed by atoms with Crippen LogP contribution in [0.15, 0.2) is 18.5 Å². The Labute approximate surface area is 111 Å². The molecule has 2 heterocycles. The van der Waals surface area contributed by atoms with Gasteiger partial charge in [-0.15, -0.1) is 0 Å². The summed E-state index contributed by atoms with van der Waals surface area (Å²) in [4.78, 5) is 16.9. The van der Waals surface area contributed by atoms with Gasteiger partial charge in [-0.2, -0.15) is 0 Å². The van der Waals surface area contributed by atoms with E-state index in [9.17, 15) is 9.90 Å². The first-order valence-corrected chi connectivity index (χ1v) is 6.20. The van der Waals surface area contributed by atoms with Gasteiger partial charge in [0.25, 0.3) is 0 Å². The summed E-state index contributed by atoms with van der Waals surface area (Å²) in [5, 5.41) is 19.6. The molecule has 0 bridgehead atoms. The van der Waals surface area contributed by atoms with Crippen LogP contribution in [0.3, 0.4) is 0 Å². The second-order valence-electron chi connectivity index (χ2n) is 4.89. The van der Waals surface area contributed by atoms with Gasteiger partial charge in [0.1, 0.15) is 0 Å². The zero-order valence-corrected chi connectivity index (χ0v) is 10.9. The number of rotatable bonds is 4. The minimum Gasteiger partial charge on any atom is -0.478 e. The Hall–Kier alpha value is -1.66. The van der Waals surface area contributed by atoms with Crippen molar-refractivity contribution in [2.45, 2.75) is 18.4 Å². The molecule has 2 N–H and O–H groups in total. The number of aromatic carboxylic acids is 1. The molecule has 2 rings (SSSR count). The Morgan fingerprint density at radius 2 is 2.21 bits per heavy atom. The van der Waals surface area contributed by atoms with E-state index in [2.05, 4.69) is 4.98 Å². The minimum absolute atomic E-state index is 0.188. The lowest BCUT2D eigenvalue weighted by molar-refractivity contribution is -0.0572. The Bertz CT molecular complexity index is 458. The van der Waals surface area contributed by atoms with Crippen LogP contribution in [-0.2, 0) is 4.74 Å². The average Bonchev–Trinajstić information content (AvgIpc) is 2.39. The fraction of sp³-hybridized carbons (Fsp3) is 0.538. The van der Waals surface area contributed by atoms with Gasteiger partial charge in [0.15, 0.2) is 0 Å². The zero-order chi connectivity index (χ0) is 13.9. The molecule has 0 aliphatic carbocycles. The molecule has 0 atom stereocenters. The minimum atomic E-state index is -0.997. The lowest BCUT2D eigenvalue weighted by Crippen LogP contribution is -2.46. The van der Waals surface area contributed by atoms with E-state index < -0.39 is 11.6 Å². The Balaban J connectivity index is 2.15. The third-order valence-electron chi connectivity index (χ3n) is 3.40. The zero-order valence-electron chi connectivity index (χ0n) is 10.9. The maximum Gasteiger partial charge on any atom is 0.337 e. The smallest absolute Gasteiger partial charge is 0.337 e. The fourth-order valence-electron chi connectivity index (χ4n) is 2.31. The molecule has 0 aromatic carbocycles. The van der Waals surface area contributed by atoms with Crippen molar-refractivity contribution in [3.63, 3.8) is 0 Å². The number of hydrogen-bond acceptors (Lipinski definition) is 5. The highest BCUT2D eigenvalue weighted by Crippen LogP contribution is 2.25. The van der Waals surface area contributed by atoms with E-state index in [1.54, 1.807) is 11.9 Å². The number of likely N-dealkylation sites (N-methyl/N-ethyl adjacent to an activating group) is 1. The van der Waals surface area contributed by atoms with Crippen molar-refractivity contribution in [2.75, 3.05) is 31.7 Å². The van der Waals surface area contributed by atoms with E-state index >= 15 is 0 Å². The summed E-state index contributed by atoms with van der Waals surface area (Å²) >= 11 is 0. The monoisotopic (exact) mass is 266 g/mol. The van der Waals surface area contributed by atoms with E-state index in [0.717, 1.165) is 0 Å². The van der Waals surface area contributed by atoms with Gasteiger partial charge in [0.2, 0.25) is 0 Å². The molecule has 1 aliphatic heterocycles. The van der Waals surface area contributed by atoms with Gasteiger partial charge in [-0.25, -0.2) is 4.79 Å². The summed E-state index contributed by atoms with van der Waals surface area (Å²) in [6.45, 7) is 1.43. The maximum absolute atomic E-state index is 11.2. The number of ether oxygens (including phenoxy) is 1. The molecular weight excluding hydrogens is 248 g/mol. The van der Waals surface area contributed by atoms with Gasteiger partial charge in [0, 0.05) is 45.8 Å². The lowest BCUT2D eigenvalue weighted by Gasteiger charge is -2.36. The SMILES string of the molecule is CN(CC1(O)CCOCC1)c1cnccc1C(=O)O. The summed E-state index contributed by atoms with van der Waals surface area (Å²) in [5.74, 6) is -0.997. The van der Waals surface area contributed by atoms with Crippen molar-refractivity contribution in [1.82, 2.24) is 4.98 Å². The highest BCUT2D eigenvalue weighted by Gasteiger charge is 2.32. The predicted molar refractivity (Wildman–Crippen MR) is 69.5 cm³/mol. The average molecular weight is 266 g/mol. The van der Waals surface area contributed by atoms with Crippen molar-refractivity contribution < 1.29 is 19.7 Å². The molecule has 19 heavy (non-hydrogen) atoms. The largest absolute Gasteiger partial charge is 0.478 e. The van der Waals surface area contributed by atoms with E-state index in [-0.39, 0.29) is 5.56 Å². The van der Waals surface area contributed by atoms with Crippen molar-refractivity contribution in [2.24, 2.45) is 0 Å². The van der Waals surface area contributed by atoms with E-state index in [1.165, 1.54) is 18.5 Å². The van der Waals surface area contributed by atoms with Crippen LogP contribution in [0.1, 0.15) is 23.2 Å².